The molecule has 3 aromatic rings. The number of ether oxygens (including phenoxy) is 1. The molecule has 0 saturated heterocycles. The van der Waals surface area contributed by atoms with Gasteiger partial charge in [-0.15, -0.1) is 0 Å². The van der Waals surface area contributed by atoms with Crippen molar-refractivity contribution in [3.63, 3.8) is 0 Å². The zero-order chi connectivity index (χ0) is 13.2. The highest BCUT2D eigenvalue weighted by atomic mass is 79.9. The van der Waals surface area contributed by atoms with Crippen molar-refractivity contribution < 1.29 is 4.74 Å². The Kier molecular flexibility index (Phi) is 3.05. The van der Waals surface area contributed by atoms with E-state index in [4.69, 9.17) is 10.5 Å². The van der Waals surface area contributed by atoms with Crippen molar-refractivity contribution in [1.29, 1.82) is 0 Å². The molecule has 2 N–H and O–H groups in total. The van der Waals surface area contributed by atoms with Gasteiger partial charge in [0.25, 0.3) is 0 Å². The Bertz CT molecular complexity index is 746. The molecule has 19 heavy (non-hydrogen) atoms. The van der Waals surface area contributed by atoms with Gasteiger partial charge >= 0.3 is 0 Å². The highest BCUT2D eigenvalue weighted by Gasteiger charge is 2.08. The SMILES string of the molecule is Nc1ncnc(Oc2ccc3ccccc3c2)c1Br. The van der Waals surface area contributed by atoms with E-state index in [1.807, 2.05) is 36.4 Å². The van der Waals surface area contributed by atoms with E-state index in [0.717, 1.165) is 10.8 Å². The Morgan fingerprint density at radius 2 is 1.79 bits per heavy atom. The number of nitrogens with two attached hydrogens (primary N) is 1. The third-order valence-electron chi connectivity index (χ3n) is 2.72. The van der Waals surface area contributed by atoms with Gasteiger partial charge in [0, 0.05) is 0 Å². The summed E-state index contributed by atoms with van der Waals surface area (Å²) < 4.78 is 6.28. The number of fused-ring (bicyclic) bond motifs is 1. The van der Waals surface area contributed by atoms with E-state index in [1.54, 1.807) is 0 Å². The van der Waals surface area contributed by atoms with Crippen LogP contribution in [0.4, 0.5) is 5.82 Å². The first-order valence-electron chi connectivity index (χ1n) is 5.66. The first-order chi connectivity index (χ1) is 9.24. The highest BCUT2D eigenvalue weighted by Crippen LogP contribution is 2.31. The Hall–Kier alpha value is -2.14. The smallest absolute Gasteiger partial charge is 0.238 e. The minimum Gasteiger partial charge on any atom is -0.438 e. The molecule has 1 heterocycles. The molecule has 0 fully saturated rings. The van der Waals surface area contributed by atoms with Gasteiger partial charge in [0.05, 0.1) is 0 Å². The minimum atomic E-state index is 0.353. The molecule has 0 radical (unpaired) electrons. The summed E-state index contributed by atoms with van der Waals surface area (Å²) in [5.41, 5.74) is 5.69. The average molecular weight is 316 g/mol. The summed E-state index contributed by atoms with van der Waals surface area (Å²) in [5, 5.41) is 2.27. The number of halogens is 1. The van der Waals surface area contributed by atoms with Crippen LogP contribution in [0.2, 0.25) is 0 Å². The molecular weight excluding hydrogens is 306 g/mol. The first-order valence-corrected chi connectivity index (χ1v) is 6.46. The fourth-order valence-electron chi connectivity index (χ4n) is 1.78. The largest absolute Gasteiger partial charge is 0.438 e. The lowest BCUT2D eigenvalue weighted by Gasteiger charge is -2.08. The van der Waals surface area contributed by atoms with Gasteiger partial charge in [-0.1, -0.05) is 30.3 Å². The number of benzene rings is 2. The van der Waals surface area contributed by atoms with E-state index in [0.29, 0.717) is 21.9 Å². The fourth-order valence-corrected chi connectivity index (χ4v) is 2.07. The number of rotatable bonds is 2. The molecule has 3 rings (SSSR count). The van der Waals surface area contributed by atoms with Crippen molar-refractivity contribution in [3.8, 4) is 11.6 Å². The Balaban J connectivity index is 1.99. The minimum absolute atomic E-state index is 0.353. The van der Waals surface area contributed by atoms with Crippen LogP contribution >= 0.6 is 15.9 Å². The summed E-state index contributed by atoms with van der Waals surface area (Å²) >= 11 is 3.31. The lowest BCUT2D eigenvalue weighted by Crippen LogP contribution is -1.96. The van der Waals surface area contributed by atoms with Gasteiger partial charge in [0.15, 0.2) is 0 Å². The number of anilines is 1. The van der Waals surface area contributed by atoms with E-state index in [-0.39, 0.29) is 0 Å². The molecule has 0 bridgehead atoms. The number of nitrogen functional groups attached to an aromatic ring is 1. The van der Waals surface area contributed by atoms with Crippen molar-refractivity contribution in [2.45, 2.75) is 0 Å². The van der Waals surface area contributed by atoms with Crippen LogP contribution in [0.25, 0.3) is 10.8 Å². The molecule has 0 spiro atoms. The lowest BCUT2D eigenvalue weighted by molar-refractivity contribution is 0.459. The van der Waals surface area contributed by atoms with Gasteiger partial charge in [-0.3, -0.25) is 0 Å². The van der Waals surface area contributed by atoms with Crippen LogP contribution in [-0.4, -0.2) is 9.97 Å². The molecule has 0 unspecified atom stereocenters. The van der Waals surface area contributed by atoms with Gasteiger partial charge in [-0.25, -0.2) is 9.97 Å². The van der Waals surface area contributed by atoms with Crippen molar-refractivity contribution in [2.24, 2.45) is 0 Å². The summed E-state index contributed by atoms with van der Waals surface area (Å²) in [6, 6.07) is 13.9. The van der Waals surface area contributed by atoms with Crippen LogP contribution in [0, 0.1) is 0 Å². The number of nitrogens with zero attached hydrogens (tertiary/aromatic N) is 2. The second-order valence-electron chi connectivity index (χ2n) is 3.99. The molecule has 0 amide bonds. The summed E-state index contributed by atoms with van der Waals surface area (Å²) in [5.74, 6) is 1.46. The van der Waals surface area contributed by atoms with Gasteiger partial charge in [-0.2, -0.15) is 0 Å². The van der Waals surface area contributed by atoms with E-state index < -0.39 is 0 Å². The number of aromatic nitrogens is 2. The Morgan fingerprint density at radius 3 is 2.63 bits per heavy atom. The predicted molar refractivity (Wildman–Crippen MR) is 78.2 cm³/mol. The van der Waals surface area contributed by atoms with Gasteiger partial charge in [-0.05, 0) is 38.8 Å². The van der Waals surface area contributed by atoms with E-state index in [1.165, 1.54) is 6.33 Å². The van der Waals surface area contributed by atoms with Crippen LogP contribution in [0.3, 0.4) is 0 Å². The van der Waals surface area contributed by atoms with E-state index >= 15 is 0 Å². The Labute approximate surface area is 118 Å². The maximum absolute atomic E-state index is 5.72. The van der Waals surface area contributed by atoms with E-state index in [9.17, 15) is 0 Å². The van der Waals surface area contributed by atoms with Crippen molar-refractivity contribution in [3.05, 3.63) is 53.3 Å². The van der Waals surface area contributed by atoms with Crippen LogP contribution in [-0.2, 0) is 0 Å². The van der Waals surface area contributed by atoms with E-state index in [2.05, 4.69) is 32.0 Å². The summed E-state index contributed by atoms with van der Waals surface area (Å²) in [6.45, 7) is 0. The zero-order valence-corrected chi connectivity index (χ0v) is 11.5. The molecule has 0 saturated carbocycles. The summed E-state index contributed by atoms with van der Waals surface area (Å²) in [7, 11) is 0. The third kappa shape index (κ3) is 2.37. The quantitative estimate of drug-likeness (QED) is 0.782. The summed E-state index contributed by atoms with van der Waals surface area (Å²) in [4.78, 5) is 7.92. The molecule has 94 valence electrons. The van der Waals surface area contributed by atoms with Crippen LogP contribution < -0.4 is 10.5 Å². The molecule has 1 aromatic heterocycles. The highest BCUT2D eigenvalue weighted by molar-refractivity contribution is 9.10. The molecule has 2 aromatic carbocycles. The maximum atomic E-state index is 5.72. The van der Waals surface area contributed by atoms with Crippen molar-refractivity contribution >= 4 is 32.5 Å². The van der Waals surface area contributed by atoms with Crippen LogP contribution in [0.5, 0.6) is 11.6 Å². The molecule has 4 nitrogen and oxygen atoms in total. The topological polar surface area (TPSA) is 61.0 Å². The van der Waals surface area contributed by atoms with Crippen molar-refractivity contribution in [1.82, 2.24) is 9.97 Å². The standard InChI is InChI=1S/C14H10BrN3O/c15-12-13(16)17-8-18-14(12)19-11-6-5-9-3-1-2-4-10(9)7-11/h1-8H,(H2,16,17,18). The first kappa shape index (κ1) is 11.9. The summed E-state index contributed by atoms with van der Waals surface area (Å²) in [6.07, 6.45) is 1.37. The lowest BCUT2D eigenvalue weighted by atomic mass is 10.1. The molecule has 0 aliphatic rings. The predicted octanol–water partition coefficient (Wildman–Crippen LogP) is 3.77. The second kappa shape index (κ2) is 4.85. The average Bonchev–Trinajstić information content (AvgIpc) is 2.44. The zero-order valence-electron chi connectivity index (χ0n) is 9.88. The van der Waals surface area contributed by atoms with Gasteiger partial charge in [0.1, 0.15) is 22.4 Å². The van der Waals surface area contributed by atoms with Crippen LogP contribution in [0.1, 0.15) is 0 Å². The monoisotopic (exact) mass is 315 g/mol. The van der Waals surface area contributed by atoms with Crippen molar-refractivity contribution in [2.75, 3.05) is 5.73 Å². The van der Waals surface area contributed by atoms with Gasteiger partial charge < -0.3 is 10.5 Å². The molecule has 5 heteroatoms. The normalized spacial score (nSPS) is 10.6. The van der Waals surface area contributed by atoms with Gasteiger partial charge in [0.2, 0.25) is 5.88 Å². The van der Waals surface area contributed by atoms with Crippen LogP contribution in [0.15, 0.2) is 53.3 Å². The number of hydrogen-bond donors (Lipinski definition) is 1. The molecule has 0 aliphatic carbocycles. The number of hydrogen-bond acceptors (Lipinski definition) is 4. The molecular formula is C14H10BrN3O. The molecule has 0 aliphatic heterocycles. The third-order valence-corrected chi connectivity index (χ3v) is 3.47. The second-order valence-corrected chi connectivity index (χ2v) is 4.78. The Morgan fingerprint density at radius 1 is 1.00 bits per heavy atom. The fraction of sp³-hybridized carbons (Fsp3) is 0. The molecule has 0 atom stereocenters. The maximum Gasteiger partial charge on any atom is 0.238 e.